The molecule has 0 aromatic carbocycles. The zero-order valence-electron chi connectivity index (χ0n) is 10.9. The number of nitrogens with two attached hydrogens (primary N) is 1. The number of carbonyl (C=O) groups is 1. The molecular formula is C13H25ClN2O. The van der Waals surface area contributed by atoms with Crippen LogP contribution in [0.3, 0.4) is 0 Å². The summed E-state index contributed by atoms with van der Waals surface area (Å²) in [5, 5.41) is 0. The van der Waals surface area contributed by atoms with Gasteiger partial charge in [-0.15, -0.1) is 12.4 Å². The highest BCUT2D eigenvalue weighted by Gasteiger charge is 2.41. The number of halogens is 1. The second-order valence-electron chi connectivity index (χ2n) is 5.86. The number of rotatable bonds is 1. The van der Waals surface area contributed by atoms with E-state index in [9.17, 15) is 4.79 Å². The quantitative estimate of drug-likeness (QED) is 0.786. The summed E-state index contributed by atoms with van der Waals surface area (Å²) in [6, 6.07) is 0. The fraction of sp³-hybridized carbons (Fsp3) is 0.923. The van der Waals surface area contributed by atoms with E-state index >= 15 is 0 Å². The number of hydrogen-bond acceptors (Lipinski definition) is 2. The minimum Gasteiger partial charge on any atom is -0.341 e. The molecule has 2 N–H and O–H groups in total. The molecule has 1 amide bonds. The third-order valence-electron chi connectivity index (χ3n) is 4.54. The maximum absolute atomic E-state index is 12.4. The molecule has 1 heterocycles. The molecule has 1 aliphatic heterocycles. The molecule has 4 heteroatoms. The normalized spacial score (nSPS) is 32.1. The van der Waals surface area contributed by atoms with E-state index in [-0.39, 0.29) is 18.3 Å². The zero-order valence-corrected chi connectivity index (χ0v) is 11.8. The molecule has 0 bridgehead atoms. The van der Waals surface area contributed by atoms with Gasteiger partial charge in [-0.3, -0.25) is 4.79 Å². The summed E-state index contributed by atoms with van der Waals surface area (Å²) in [7, 11) is 0. The van der Waals surface area contributed by atoms with Gasteiger partial charge < -0.3 is 10.6 Å². The smallest absolute Gasteiger partial charge is 0.242 e. The number of carbonyl (C=O) groups excluding carboxylic acids is 1. The van der Waals surface area contributed by atoms with Gasteiger partial charge in [-0.25, -0.2) is 0 Å². The van der Waals surface area contributed by atoms with Crippen molar-refractivity contribution in [2.24, 2.45) is 17.6 Å². The van der Waals surface area contributed by atoms with Gasteiger partial charge in [-0.2, -0.15) is 0 Å². The molecule has 1 saturated heterocycles. The predicted octanol–water partition coefficient (Wildman–Crippen LogP) is 2.18. The summed E-state index contributed by atoms with van der Waals surface area (Å²) < 4.78 is 0. The van der Waals surface area contributed by atoms with Gasteiger partial charge in [0, 0.05) is 13.1 Å². The monoisotopic (exact) mass is 260 g/mol. The Morgan fingerprint density at radius 1 is 1.24 bits per heavy atom. The van der Waals surface area contributed by atoms with E-state index in [4.69, 9.17) is 5.73 Å². The minimum atomic E-state index is -0.527. The van der Waals surface area contributed by atoms with E-state index in [1.807, 2.05) is 4.90 Å². The zero-order chi connectivity index (χ0) is 11.8. The number of likely N-dealkylation sites (tertiary alicyclic amines) is 1. The molecule has 0 radical (unpaired) electrons. The predicted molar refractivity (Wildman–Crippen MR) is 72.2 cm³/mol. The molecule has 0 aromatic rings. The fourth-order valence-corrected chi connectivity index (χ4v) is 2.98. The van der Waals surface area contributed by atoms with Crippen molar-refractivity contribution in [1.82, 2.24) is 4.90 Å². The Morgan fingerprint density at radius 2 is 1.82 bits per heavy atom. The molecule has 3 nitrogen and oxygen atoms in total. The van der Waals surface area contributed by atoms with E-state index < -0.39 is 5.54 Å². The molecular weight excluding hydrogens is 236 g/mol. The Hall–Kier alpha value is -0.280. The average Bonchev–Trinajstić information content (AvgIpc) is 2.70. The summed E-state index contributed by atoms with van der Waals surface area (Å²) in [4.78, 5) is 14.4. The van der Waals surface area contributed by atoms with Gasteiger partial charge in [-0.05, 0) is 31.1 Å². The van der Waals surface area contributed by atoms with Crippen molar-refractivity contribution in [1.29, 1.82) is 0 Å². The van der Waals surface area contributed by atoms with Gasteiger partial charge in [-0.1, -0.05) is 26.7 Å². The van der Waals surface area contributed by atoms with Crippen molar-refractivity contribution in [3.05, 3.63) is 0 Å². The number of amides is 1. The van der Waals surface area contributed by atoms with E-state index in [0.717, 1.165) is 51.1 Å². The van der Waals surface area contributed by atoms with Crippen LogP contribution in [-0.2, 0) is 4.79 Å². The lowest BCUT2D eigenvalue weighted by Crippen LogP contribution is -2.56. The molecule has 0 aromatic heterocycles. The summed E-state index contributed by atoms with van der Waals surface area (Å²) in [6.07, 6.45) is 5.12. The van der Waals surface area contributed by atoms with Crippen LogP contribution in [0.4, 0.5) is 0 Å². The summed E-state index contributed by atoms with van der Waals surface area (Å²) in [5.74, 6) is 1.56. The van der Waals surface area contributed by atoms with Crippen LogP contribution in [0, 0.1) is 11.8 Å². The van der Waals surface area contributed by atoms with Crippen LogP contribution in [0.5, 0.6) is 0 Å². The van der Waals surface area contributed by atoms with Gasteiger partial charge in [0.25, 0.3) is 0 Å². The maximum Gasteiger partial charge on any atom is 0.242 e. The lowest BCUT2D eigenvalue weighted by Gasteiger charge is -2.39. The third kappa shape index (κ3) is 2.94. The molecule has 1 saturated carbocycles. The van der Waals surface area contributed by atoms with E-state index in [1.165, 1.54) is 0 Å². The van der Waals surface area contributed by atoms with Gasteiger partial charge >= 0.3 is 0 Å². The standard InChI is InChI=1S/C13H24N2O.ClH/c1-10-5-8-15(9-11(10)2)12(16)13(14)6-3-4-7-13;/h10-11H,3-9,14H2,1-2H3;1H. The summed E-state index contributed by atoms with van der Waals surface area (Å²) >= 11 is 0. The van der Waals surface area contributed by atoms with Gasteiger partial charge in [0.1, 0.15) is 0 Å². The Morgan fingerprint density at radius 3 is 2.35 bits per heavy atom. The van der Waals surface area contributed by atoms with Crippen molar-refractivity contribution in [3.63, 3.8) is 0 Å². The van der Waals surface area contributed by atoms with Crippen molar-refractivity contribution in [2.45, 2.75) is 51.5 Å². The first-order valence-electron chi connectivity index (χ1n) is 6.61. The van der Waals surface area contributed by atoms with Crippen LogP contribution in [0.1, 0.15) is 46.0 Å². The number of piperidine rings is 1. The van der Waals surface area contributed by atoms with Crippen molar-refractivity contribution < 1.29 is 4.79 Å². The average molecular weight is 261 g/mol. The van der Waals surface area contributed by atoms with Crippen LogP contribution in [0.25, 0.3) is 0 Å². The Labute approximate surface area is 111 Å². The molecule has 2 rings (SSSR count). The minimum absolute atomic E-state index is 0. The Bertz CT molecular complexity index is 277. The Kier molecular flexibility index (Phi) is 4.85. The molecule has 2 unspecified atom stereocenters. The highest BCUT2D eigenvalue weighted by atomic mass is 35.5. The van der Waals surface area contributed by atoms with Crippen LogP contribution in [-0.4, -0.2) is 29.4 Å². The van der Waals surface area contributed by atoms with Gasteiger partial charge in [0.05, 0.1) is 5.54 Å². The highest BCUT2D eigenvalue weighted by molar-refractivity contribution is 5.86. The van der Waals surface area contributed by atoms with Crippen LogP contribution in [0.2, 0.25) is 0 Å². The molecule has 2 aliphatic rings. The topological polar surface area (TPSA) is 46.3 Å². The Balaban J connectivity index is 0.00000144. The third-order valence-corrected chi connectivity index (χ3v) is 4.54. The second-order valence-corrected chi connectivity index (χ2v) is 5.86. The molecule has 100 valence electrons. The first-order valence-corrected chi connectivity index (χ1v) is 6.61. The molecule has 1 aliphatic carbocycles. The van der Waals surface area contributed by atoms with Crippen molar-refractivity contribution in [3.8, 4) is 0 Å². The van der Waals surface area contributed by atoms with Crippen LogP contribution >= 0.6 is 12.4 Å². The first-order chi connectivity index (χ1) is 7.53. The van der Waals surface area contributed by atoms with Gasteiger partial charge in [0.15, 0.2) is 0 Å². The largest absolute Gasteiger partial charge is 0.341 e. The lowest BCUT2D eigenvalue weighted by molar-refractivity contribution is -0.139. The SMILES string of the molecule is CC1CCN(C(=O)C2(N)CCCC2)CC1C.Cl. The van der Waals surface area contributed by atoms with Crippen molar-refractivity contribution in [2.75, 3.05) is 13.1 Å². The van der Waals surface area contributed by atoms with Gasteiger partial charge in [0.2, 0.25) is 5.91 Å². The number of nitrogens with zero attached hydrogens (tertiary/aromatic N) is 1. The summed E-state index contributed by atoms with van der Waals surface area (Å²) in [6.45, 7) is 6.32. The fourth-order valence-electron chi connectivity index (χ4n) is 2.98. The molecule has 0 spiro atoms. The highest BCUT2D eigenvalue weighted by Crippen LogP contribution is 2.31. The van der Waals surface area contributed by atoms with Crippen molar-refractivity contribution >= 4 is 18.3 Å². The van der Waals surface area contributed by atoms with Crippen LogP contribution < -0.4 is 5.73 Å². The van der Waals surface area contributed by atoms with E-state index in [1.54, 1.807) is 0 Å². The van der Waals surface area contributed by atoms with Crippen LogP contribution in [0.15, 0.2) is 0 Å². The van der Waals surface area contributed by atoms with E-state index in [0.29, 0.717) is 5.92 Å². The molecule has 2 fully saturated rings. The van der Waals surface area contributed by atoms with E-state index in [2.05, 4.69) is 13.8 Å². The second kappa shape index (κ2) is 5.57. The molecule has 2 atom stereocenters. The lowest BCUT2D eigenvalue weighted by atomic mass is 9.87. The maximum atomic E-state index is 12.4. The summed E-state index contributed by atoms with van der Waals surface area (Å²) in [5.41, 5.74) is 5.69. The first kappa shape index (κ1) is 14.8. The number of hydrogen-bond donors (Lipinski definition) is 1. The molecule has 17 heavy (non-hydrogen) atoms.